The molecule has 7 nitrogen and oxygen atoms in total. The number of carbonyl (C=O) groups is 1. The van der Waals surface area contributed by atoms with Gasteiger partial charge in [0, 0.05) is 19.7 Å². The van der Waals surface area contributed by atoms with E-state index in [9.17, 15) is 18.0 Å². The number of aromatic nitrogens is 2. The highest BCUT2D eigenvalue weighted by atomic mass is 32.2. The van der Waals surface area contributed by atoms with E-state index in [1.165, 1.54) is 33.4 Å². The first kappa shape index (κ1) is 20.6. The van der Waals surface area contributed by atoms with Gasteiger partial charge >= 0.3 is 5.69 Å². The number of nitrogens with zero attached hydrogens (tertiary/aromatic N) is 2. The van der Waals surface area contributed by atoms with Crippen LogP contribution in [0, 0.1) is 6.92 Å². The van der Waals surface area contributed by atoms with Crippen LogP contribution in [0.4, 0.5) is 5.69 Å². The molecule has 1 heterocycles. The van der Waals surface area contributed by atoms with Crippen LogP contribution in [0.2, 0.25) is 0 Å². The molecule has 4 rings (SSSR count). The lowest BCUT2D eigenvalue weighted by atomic mass is 10.2. The highest BCUT2D eigenvalue weighted by Crippen LogP contribution is 2.32. The van der Waals surface area contributed by atoms with Crippen LogP contribution in [0.5, 0.6) is 0 Å². The van der Waals surface area contributed by atoms with E-state index in [0.29, 0.717) is 16.6 Å². The third-order valence-electron chi connectivity index (χ3n) is 5.28. The van der Waals surface area contributed by atoms with Gasteiger partial charge in [-0.25, -0.2) is 13.2 Å². The molecule has 0 spiro atoms. The maximum Gasteiger partial charge on any atom is 0.328 e. The fraction of sp³-hybridized carbons (Fsp3) is 0.130. The molecule has 0 radical (unpaired) electrons. The zero-order valence-corrected chi connectivity index (χ0v) is 18.1. The lowest BCUT2D eigenvalue weighted by molar-refractivity contribution is 0.102. The molecule has 1 N–H and O–H groups in total. The van der Waals surface area contributed by atoms with E-state index in [1.54, 1.807) is 56.6 Å². The van der Waals surface area contributed by atoms with Crippen LogP contribution in [0.25, 0.3) is 11.0 Å². The summed E-state index contributed by atoms with van der Waals surface area (Å²) < 4.78 is 29.8. The predicted octanol–water partition coefficient (Wildman–Crippen LogP) is 3.27. The van der Waals surface area contributed by atoms with Crippen LogP contribution in [0.3, 0.4) is 0 Å². The Bertz CT molecular complexity index is 1470. The molecular formula is C23H21N3O4S. The number of imidazole rings is 1. The quantitative estimate of drug-likeness (QED) is 0.533. The number of carbonyl (C=O) groups excluding carboxylic acids is 1. The summed E-state index contributed by atoms with van der Waals surface area (Å²) in [7, 11) is -0.788. The fourth-order valence-electron chi connectivity index (χ4n) is 3.47. The van der Waals surface area contributed by atoms with E-state index >= 15 is 0 Å². The van der Waals surface area contributed by atoms with Crippen molar-refractivity contribution in [3.63, 3.8) is 0 Å². The molecule has 0 aliphatic heterocycles. The van der Waals surface area contributed by atoms with E-state index in [2.05, 4.69) is 5.32 Å². The highest BCUT2D eigenvalue weighted by molar-refractivity contribution is 7.91. The second-order valence-corrected chi connectivity index (χ2v) is 9.29. The maximum absolute atomic E-state index is 13.5. The van der Waals surface area contributed by atoms with E-state index in [-0.39, 0.29) is 21.2 Å². The summed E-state index contributed by atoms with van der Waals surface area (Å²) in [6.45, 7) is 1.87. The van der Waals surface area contributed by atoms with Crippen molar-refractivity contribution in [1.29, 1.82) is 0 Å². The number of sulfone groups is 1. The van der Waals surface area contributed by atoms with E-state index < -0.39 is 15.7 Å². The molecule has 0 fully saturated rings. The van der Waals surface area contributed by atoms with E-state index in [1.807, 2.05) is 6.92 Å². The molecule has 3 aromatic carbocycles. The molecule has 1 aromatic heterocycles. The summed E-state index contributed by atoms with van der Waals surface area (Å²) in [4.78, 5) is 25.2. The Labute approximate surface area is 179 Å². The molecule has 0 saturated carbocycles. The van der Waals surface area contributed by atoms with Gasteiger partial charge in [-0.1, -0.05) is 35.9 Å². The summed E-state index contributed by atoms with van der Waals surface area (Å²) in [6.07, 6.45) is 0. The molecule has 0 saturated heterocycles. The second kappa shape index (κ2) is 7.55. The number of benzene rings is 3. The number of amides is 1. The summed E-state index contributed by atoms with van der Waals surface area (Å²) in [5, 5.41) is 2.72. The molecule has 8 heteroatoms. The van der Waals surface area contributed by atoms with Crippen molar-refractivity contribution in [2.45, 2.75) is 16.7 Å². The van der Waals surface area contributed by atoms with Crippen molar-refractivity contribution >= 4 is 32.5 Å². The fourth-order valence-corrected chi connectivity index (χ4v) is 4.89. The molecule has 0 aliphatic carbocycles. The molecule has 0 unspecified atom stereocenters. The van der Waals surface area contributed by atoms with Crippen molar-refractivity contribution < 1.29 is 13.2 Å². The smallest absolute Gasteiger partial charge is 0.321 e. The van der Waals surface area contributed by atoms with Crippen LogP contribution in [-0.4, -0.2) is 23.5 Å². The molecule has 31 heavy (non-hydrogen) atoms. The van der Waals surface area contributed by atoms with Crippen molar-refractivity contribution in [3.05, 3.63) is 88.3 Å². The summed E-state index contributed by atoms with van der Waals surface area (Å²) in [5.41, 5.74) is 2.11. The first-order valence-electron chi connectivity index (χ1n) is 9.58. The van der Waals surface area contributed by atoms with Gasteiger partial charge in [-0.15, -0.1) is 0 Å². The number of aryl methyl sites for hydroxylation is 3. The van der Waals surface area contributed by atoms with Gasteiger partial charge in [0.1, 0.15) is 0 Å². The van der Waals surface area contributed by atoms with Gasteiger partial charge in [0.05, 0.1) is 26.5 Å². The Kier molecular flexibility index (Phi) is 5.02. The minimum Gasteiger partial charge on any atom is -0.321 e. The van der Waals surface area contributed by atoms with Crippen molar-refractivity contribution in [3.8, 4) is 0 Å². The van der Waals surface area contributed by atoms with Gasteiger partial charge in [0.15, 0.2) is 0 Å². The average molecular weight is 436 g/mol. The van der Waals surface area contributed by atoms with Crippen LogP contribution >= 0.6 is 0 Å². The van der Waals surface area contributed by atoms with Crippen LogP contribution < -0.4 is 11.0 Å². The van der Waals surface area contributed by atoms with Crippen molar-refractivity contribution in [2.24, 2.45) is 14.1 Å². The zero-order valence-electron chi connectivity index (χ0n) is 17.3. The molecule has 4 aromatic rings. The molecule has 1 amide bonds. The minimum atomic E-state index is -3.97. The topological polar surface area (TPSA) is 90.2 Å². The number of rotatable bonds is 4. The Balaban J connectivity index is 1.94. The SMILES string of the molecule is Cc1ccc(S(=O)(=O)c2cc3c(cc2NC(=O)c2ccccc2)n(C)c(=O)n3C)cc1. The summed E-state index contributed by atoms with van der Waals surface area (Å²) in [6, 6.07) is 18.0. The van der Waals surface area contributed by atoms with Gasteiger partial charge < -0.3 is 5.32 Å². The van der Waals surface area contributed by atoms with E-state index in [4.69, 9.17) is 0 Å². The number of nitrogens with one attached hydrogen (secondary N) is 1. The van der Waals surface area contributed by atoms with E-state index in [0.717, 1.165) is 5.56 Å². The maximum atomic E-state index is 13.5. The van der Waals surface area contributed by atoms with Crippen molar-refractivity contribution in [2.75, 3.05) is 5.32 Å². The Morgan fingerprint density at radius 1 is 0.871 bits per heavy atom. The Morgan fingerprint density at radius 3 is 2.06 bits per heavy atom. The number of hydrogen-bond donors (Lipinski definition) is 1. The zero-order chi connectivity index (χ0) is 22.3. The average Bonchev–Trinajstić information content (AvgIpc) is 2.97. The predicted molar refractivity (Wildman–Crippen MR) is 119 cm³/mol. The lowest BCUT2D eigenvalue weighted by Gasteiger charge is -2.13. The summed E-state index contributed by atoms with van der Waals surface area (Å²) >= 11 is 0. The van der Waals surface area contributed by atoms with Gasteiger partial charge in [-0.3, -0.25) is 13.9 Å². The van der Waals surface area contributed by atoms with Crippen LogP contribution in [0.15, 0.2) is 81.3 Å². The minimum absolute atomic E-state index is 0.0747. The third-order valence-corrected chi connectivity index (χ3v) is 7.09. The number of anilines is 1. The van der Waals surface area contributed by atoms with Gasteiger partial charge in [0.2, 0.25) is 9.84 Å². The normalized spacial score (nSPS) is 11.6. The molecule has 0 aliphatic rings. The Hall–Kier alpha value is -3.65. The monoisotopic (exact) mass is 435 g/mol. The molecule has 0 atom stereocenters. The molecule has 0 bridgehead atoms. The second-order valence-electron chi connectivity index (χ2n) is 7.37. The standard InChI is InChI=1S/C23H21N3O4S/c1-15-9-11-17(12-10-15)31(29,30)21-14-20-19(25(2)23(28)26(20)3)13-18(21)24-22(27)16-7-5-4-6-8-16/h4-14H,1-3H3,(H,24,27). The van der Waals surface area contributed by atoms with Crippen LogP contribution in [0.1, 0.15) is 15.9 Å². The summed E-state index contributed by atoms with van der Waals surface area (Å²) in [5.74, 6) is -0.443. The largest absolute Gasteiger partial charge is 0.328 e. The molecule has 158 valence electrons. The number of fused-ring (bicyclic) bond motifs is 1. The third kappa shape index (κ3) is 3.55. The lowest BCUT2D eigenvalue weighted by Crippen LogP contribution is -2.19. The first-order chi connectivity index (χ1) is 14.7. The van der Waals surface area contributed by atoms with Crippen LogP contribution in [-0.2, 0) is 23.9 Å². The van der Waals surface area contributed by atoms with Gasteiger partial charge in [-0.2, -0.15) is 0 Å². The van der Waals surface area contributed by atoms with Gasteiger partial charge in [0.25, 0.3) is 5.91 Å². The number of hydrogen-bond acceptors (Lipinski definition) is 4. The highest BCUT2D eigenvalue weighted by Gasteiger charge is 2.25. The van der Waals surface area contributed by atoms with Crippen molar-refractivity contribution in [1.82, 2.24) is 9.13 Å². The first-order valence-corrected chi connectivity index (χ1v) is 11.1. The Morgan fingerprint density at radius 2 is 1.45 bits per heavy atom. The molecular weight excluding hydrogens is 414 g/mol. The van der Waals surface area contributed by atoms with Gasteiger partial charge in [-0.05, 0) is 43.3 Å².